The number of hydrogen-bond acceptors (Lipinski definition) is 2. The average molecular weight is 198 g/mol. The third kappa shape index (κ3) is 3.25. The van der Waals surface area contributed by atoms with Crippen molar-refractivity contribution in [2.24, 2.45) is 23.5 Å². The maximum Gasteiger partial charge on any atom is 0.000983 e. The van der Waals surface area contributed by atoms with Crippen LogP contribution >= 0.6 is 0 Å². The molecule has 1 heterocycles. The van der Waals surface area contributed by atoms with E-state index in [1.54, 1.807) is 0 Å². The first-order chi connectivity index (χ1) is 6.65. The normalized spacial score (nSPS) is 27.6. The van der Waals surface area contributed by atoms with E-state index >= 15 is 0 Å². The van der Waals surface area contributed by atoms with E-state index in [9.17, 15) is 0 Å². The summed E-state index contributed by atoms with van der Waals surface area (Å²) >= 11 is 0. The van der Waals surface area contributed by atoms with Crippen molar-refractivity contribution in [3.63, 3.8) is 0 Å². The molecule has 0 spiro atoms. The largest absolute Gasteiger partial charge is 0.330 e. The zero-order valence-electron chi connectivity index (χ0n) is 10.00. The Morgan fingerprint density at radius 2 is 2.07 bits per heavy atom. The van der Waals surface area contributed by atoms with Gasteiger partial charge in [-0.2, -0.15) is 0 Å². The first-order valence-corrected chi connectivity index (χ1v) is 6.03. The monoisotopic (exact) mass is 198 g/mol. The fourth-order valence-electron chi connectivity index (χ4n) is 2.73. The summed E-state index contributed by atoms with van der Waals surface area (Å²) in [5.74, 6) is 2.28. The minimum absolute atomic E-state index is 0.718. The van der Waals surface area contributed by atoms with E-state index in [0.717, 1.165) is 24.3 Å². The predicted molar refractivity (Wildman–Crippen MR) is 62.2 cm³/mol. The molecule has 1 aliphatic heterocycles. The minimum Gasteiger partial charge on any atom is -0.330 e. The maximum absolute atomic E-state index is 5.88. The summed E-state index contributed by atoms with van der Waals surface area (Å²) in [6.45, 7) is 7.99. The molecule has 1 rings (SSSR count). The molecule has 0 aromatic carbocycles. The second-order valence-corrected chi connectivity index (χ2v) is 5.16. The van der Waals surface area contributed by atoms with Crippen LogP contribution in [0.2, 0.25) is 0 Å². The molecule has 84 valence electrons. The number of likely N-dealkylation sites (tertiary alicyclic amines) is 1. The molecule has 0 aliphatic carbocycles. The van der Waals surface area contributed by atoms with Gasteiger partial charge in [-0.05, 0) is 50.7 Å². The fraction of sp³-hybridized carbons (Fsp3) is 1.00. The Morgan fingerprint density at radius 3 is 2.64 bits per heavy atom. The van der Waals surface area contributed by atoms with Gasteiger partial charge in [0, 0.05) is 6.54 Å². The lowest BCUT2D eigenvalue weighted by Crippen LogP contribution is -2.34. The van der Waals surface area contributed by atoms with Gasteiger partial charge in [-0.15, -0.1) is 0 Å². The SMILES string of the molecule is CC(C)C(CN)C1CCCCN(C)C1. The van der Waals surface area contributed by atoms with Crippen LogP contribution in [0.15, 0.2) is 0 Å². The summed E-state index contributed by atoms with van der Waals surface area (Å²) in [5, 5.41) is 0. The molecule has 0 radical (unpaired) electrons. The van der Waals surface area contributed by atoms with E-state index < -0.39 is 0 Å². The first kappa shape index (κ1) is 12.0. The van der Waals surface area contributed by atoms with Crippen molar-refractivity contribution in [1.82, 2.24) is 4.90 Å². The summed E-state index contributed by atoms with van der Waals surface area (Å²) < 4.78 is 0. The minimum atomic E-state index is 0.718. The van der Waals surface area contributed by atoms with Crippen molar-refractivity contribution in [2.45, 2.75) is 33.1 Å². The van der Waals surface area contributed by atoms with Crippen LogP contribution in [0.3, 0.4) is 0 Å². The first-order valence-electron chi connectivity index (χ1n) is 6.03. The fourth-order valence-corrected chi connectivity index (χ4v) is 2.73. The molecule has 0 bridgehead atoms. The molecule has 2 N–H and O–H groups in total. The molecule has 2 unspecified atom stereocenters. The Morgan fingerprint density at radius 1 is 1.36 bits per heavy atom. The molecular weight excluding hydrogens is 172 g/mol. The van der Waals surface area contributed by atoms with E-state index in [1.807, 2.05) is 0 Å². The third-order valence-corrected chi connectivity index (χ3v) is 3.64. The highest BCUT2D eigenvalue weighted by atomic mass is 15.1. The molecule has 2 nitrogen and oxygen atoms in total. The van der Waals surface area contributed by atoms with Gasteiger partial charge in [-0.1, -0.05) is 20.3 Å². The highest BCUT2D eigenvalue weighted by Gasteiger charge is 2.25. The second kappa shape index (κ2) is 5.72. The maximum atomic E-state index is 5.88. The topological polar surface area (TPSA) is 29.3 Å². The van der Waals surface area contributed by atoms with E-state index in [1.165, 1.54) is 32.4 Å². The second-order valence-electron chi connectivity index (χ2n) is 5.16. The summed E-state index contributed by atoms with van der Waals surface area (Å²) in [4.78, 5) is 2.47. The van der Waals surface area contributed by atoms with E-state index in [-0.39, 0.29) is 0 Å². The van der Waals surface area contributed by atoms with Gasteiger partial charge in [0.25, 0.3) is 0 Å². The quantitative estimate of drug-likeness (QED) is 0.751. The van der Waals surface area contributed by atoms with Crippen LogP contribution in [-0.4, -0.2) is 31.6 Å². The Bertz CT molecular complexity index is 156. The van der Waals surface area contributed by atoms with Gasteiger partial charge in [-0.25, -0.2) is 0 Å². The lowest BCUT2D eigenvalue weighted by molar-refractivity contribution is 0.198. The standard InChI is InChI=1S/C12H26N2/c1-10(2)12(8-13)11-6-4-5-7-14(3)9-11/h10-12H,4-9,13H2,1-3H3. The summed E-state index contributed by atoms with van der Waals surface area (Å²) in [6, 6.07) is 0. The predicted octanol–water partition coefficient (Wildman–Crippen LogP) is 1.95. The molecule has 14 heavy (non-hydrogen) atoms. The van der Waals surface area contributed by atoms with Gasteiger partial charge < -0.3 is 10.6 Å². The van der Waals surface area contributed by atoms with Crippen molar-refractivity contribution in [3.8, 4) is 0 Å². The molecule has 1 fully saturated rings. The lowest BCUT2D eigenvalue weighted by Gasteiger charge is -2.30. The van der Waals surface area contributed by atoms with Crippen LogP contribution in [0.25, 0.3) is 0 Å². The Labute approximate surface area is 88.8 Å². The Kier molecular flexibility index (Phi) is 4.90. The van der Waals surface area contributed by atoms with Crippen LogP contribution < -0.4 is 5.73 Å². The van der Waals surface area contributed by atoms with Gasteiger partial charge in [0.2, 0.25) is 0 Å². The number of nitrogens with zero attached hydrogens (tertiary/aromatic N) is 1. The van der Waals surface area contributed by atoms with Crippen molar-refractivity contribution in [3.05, 3.63) is 0 Å². The summed E-state index contributed by atoms with van der Waals surface area (Å²) in [6.07, 6.45) is 4.13. The van der Waals surface area contributed by atoms with Gasteiger partial charge in [0.15, 0.2) is 0 Å². The van der Waals surface area contributed by atoms with Gasteiger partial charge in [0.05, 0.1) is 0 Å². The van der Waals surface area contributed by atoms with E-state index in [2.05, 4.69) is 25.8 Å². The summed E-state index contributed by atoms with van der Waals surface area (Å²) in [7, 11) is 2.24. The van der Waals surface area contributed by atoms with Gasteiger partial charge in [-0.3, -0.25) is 0 Å². The zero-order valence-corrected chi connectivity index (χ0v) is 10.00. The molecule has 0 aromatic rings. The van der Waals surface area contributed by atoms with Crippen LogP contribution in [0, 0.1) is 17.8 Å². The molecule has 2 heteroatoms. The van der Waals surface area contributed by atoms with Crippen LogP contribution in [0.5, 0.6) is 0 Å². The Balaban J connectivity index is 2.54. The molecule has 2 atom stereocenters. The van der Waals surface area contributed by atoms with Gasteiger partial charge >= 0.3 is 0 Å². The number of hydrogen-bond donors (Lipinski definition) is 1. The smallest absolute Gasteiger partial charge is 0.000983 e. The summed E-state index contributed by atoms with van der Waals surface area (Å²) in [5.41, 5.74) is 5.88. The molecule has 0 saturated carbocycles. The highest BCUT2D eigenvalue weighted by Crippen LogP contribution is 2.27. The number of rotatable bonds is 3. The van der Waals surface area contributed by atoms with Crippen LogP contribution in [0.1, 0.15) is 33.1 Å². The Hall–Kier alpha value is -0.0800. The lowest BCUT2D eigenvalue weighted by atomic mass is 9.81. The highest BCUT2D eigenvalue weighted by molar-refractivity contribution is 4.78. The molecule has 0 amide bonds. The van der Waals surface area contributed by atoms with E-state index in [0.29, 0.717) is 0 Å². The van der Waals surface area contributed by atoms with Crippen LogP contribution in [0.4, 0.5) is 0 Å². The zero-order chi connectivity index (χ0) is 10.6. The van der Waals surface area contributed by atoms with Crippen LogP contribution in [-0.2, 0) is 0 Å². The molecule has 0 aromatic heterocycles. The van der Waals surface area contributed by atoms with Crippen molar-refractivity contribution < 1.29 is 0 Å². The van der Waals surface area contributed by atoms with Gasteiger partial charge in [0.1, 0.15) is 0 Å². The van der Waals surface area contributed by atoms with Crippen molar-refractivity contribution in [2.75, 3.05) is 26.7 Å². The number of nitrogens with two attached hydrogens (primary N) is 1. The van der Waals surface area contributed by atoms with Crippen molar-refractivity contribution in [1.29, 1.82) is 0 Å². The van der Waals surface area contributed by atoms with Crippen molar-refractivity contribution >= 4 is 0 Å². The molecule has 1 aliphatic rings. The average Bonchev–Trinajstić information content (AvgIpc) is 2.31. The molecular formula is C12H26N2. The molecule has 1 saturated heterocycles. The third-order valence-electron chi connectivity index (χ3n) is 3.64. The van der Waals surface area contributed by atoms with E-state index in [4.69, 9.17) is 5.73 Å².